The van der Waals surface area contributed by atoms with Crippen LogP contribution in [-0.4, -0.2) is 30.4 Å². The molecule has 0 saturated heterocycles. The average Bonchev–Trinajstić information content (AvgIpc) is 2.34. The zero-order valence-electron chi connectivity index (χ0n) is 12.8. The molecule has 0 fully saturated rings. The van der Waals surface area contributed by atoms with Crippen LogP contribution in [0.2, 0.25) is 0 Å². The molecule has 1 aromatic carbocycles. The third kappa shape index (κ3) is 6.76. The fraction of sp³-hybridized carbons (Fsp3) is 0.467. The minimum atomic E-state index is -0.505. The van der Waals surface area contributed by atoms with Gasteiger partial charge in [0.2, 0.25) is 11.8 Å². The molecule has 5 N–H and O–H groups in total. The summed E-state index contributed by atoms with van der Waals surface area (Å²) >= 11 is 0. The standard InChI is InChI=1S/C15H24N4O2/c1-15(2,3)18-8-11-4-6-12(7-5-11)19(9-13(16)20)10-14(17)21/h4-7,18H,8-10H2,1-3H3,(H2,16,20)(H2,17,21). The molecule has 0 saturated carbocycles. The van der Waals surface area contributed by atoms with Gasteiger partial charge in [-0.15, -0.1) is 0 Å². The molecule has 0 spiro atoms. The van der Waals surface area contributed by atoms with E-state index in [-0.39, 0.29) is 18.6 Å². The molecule has 21 heavy (non-hydrogen) atoms. The van der Waals surface area contributed by atoms with Crippen LogP contribution in [0, 0.1) is 0 Å². The number of benzene rings is 1. The highest BCUT2D eigenvalue weighted by molar-refractivity contribution is 5.84. The van der Waals surface area contributed by atoms with Crippen molar-refractivity contribution in [1.29, 1.82) is 0 Å². The number of hydrogen-bond acceptors (Lipinski definition) is 4. The van der Waals surface area contributed by atoms with E-state index in [4.69, 9.17) is 11.5 Å². The van der Waals surface area contributed by atoms with Crippen molar-refractivity contribution >= 4 is 17.5 Å². The molecule has 1 rings (SSSR count). The molecule has 0 aliphatic carbocycles. The van der Waals surface area contributed by atoms with Gasteiger partial charge in [0, 0.05) is 17.8 Å². The van der Waals surface area contributed by atoms with E-state index in [2.05, 4.69) is 26.1 Å². The van der Waals surface area contributed by atoms with Crippen molar-refractivity contribution < 1.29 is 9.59 Å². The molecule has 0 bridgehead atoms. The number of rotatable bonds is 7. The average molecular weight is 292 g/mol. The summed E-state index contributed by atoms with van der Waals surface area (Å²) in [6.07, 6.45) is 0. The number of nitrogens with two attached hydrogens (primary N) is 2. The highest BCUT2D eigenvalue weighted by atomic mass is 16.2. The summed E-state index contributed by atoms with van der Waals surface area (Å²) in [5.74, 6) is -1.01. The molecule has 116 valence electrons. The van der Waals surface area contributed by atoms with E-state index in [0.29, 0.717) is 0 Å². The summed E-state index contributed by atoms with van der Waals surface area (Å²) in [5.41, 5.74) is 12.3. The molecule has 0 aliphatic rings. The third-order valence-electron chi connectivity index (χ3n) is 2.82. The molecule has 1 aromatic rings. The normalized spacial score (nSPS) is 11.2. The van der Waals surface area contributed by atoms with Crippen LogP contribution >= 0.6 is 0 Å². The summed E-state index contributed by atoms with van der Waals surface area (Å²) in [4.78, 5) is 23.7. The van der Waals surface area contributed by atoms with Gasteiger partial charge in [0.05, 0.1) is 13.1 Å². The molecule has 2 amide bonds. The van der Waals surface area contributed by atoms with Crippen molar-refractivity contribution in [2.24, 2.45) is 11.5 Å². The number of amides is 2. The predicted octanol–water partition coefficient (Wildman–Crippen LogP) is 0.352. The van der Waals surface area contributed by atoms with Crippen LogP contribution in [0.5, 0.6) is 0 Å². The van der Waals surface area contributed by atoms with Crippen LogP contribution in [-0.2, 0) is 16.1 Å². The summed E-state index contributed by atoms with van der Waals surface area (Å²) in [5, 5.41) is 3.39. The molecule has 0 aromatic heterocycles. The maximum absolute atomic E-state index is 11.1. The van der Waals surface area contributed by atoms with Crippen LogP contribution < -0.4 is 21.7 Å². The number of anilines is 1. The van der Waals surface area contributed by atoms with E-state index in [1.165, 1.54) is 0 Å². The molecule has 6 nitrogen and oxygen atoms in total. The van der Waals surface area contributed by atoms with Crippen LogP contribution in [0.3, 0.4) is 0 Å². The Morgan fingerprint density at radius 1 is 1.05 bits per heavy atom. The van der Waals surface area contributed by atoms with Gasteiger partial charge in [-0.25, -0.2) is 0 Å². The van der Waals surface area contributed by atoms with Crippen molar-refractivity contribution in [3.63, 3.8) is 0 Å². The lowest BCUT2D eigenvalue weighted by Gasteiger charge is -2.23. The van der Waals surface area contributed by atoms with Crippen molar-refractivity contribution in [2.75, 3.05) is 18.0 Å². The first-order valence-corrected chi connectivity index (χ1v) is 6.83. The number of nitrogens with zero attached hydrogens (tertiary/aromatic N) is 1. The first kappa shape index (κ1) is 17.0. The minimum absolute atomic E-state index is 0.0392. The van der Waals surface area contributed by atoms with E-state index in [0.717, 1.165) is 17.8 Å². The van der Waals surface area contributed by atoms with Crippen LogP contribution in [0.25, 0.3) is 0 Å². The topological polar surface area (TPSA) is 101 Å². The van der Waals surface area contributed by atoms with Gasteiger partial charge in [0.1, 0.15) is 0 Å². The van der Waals surface area contributed by atoms with Crippen molar-refractivity contribution in [3.8, 4) is 0 Å². The lowest BCUT2D eigenvalue weighted by Crippen LogP contribution is -2.39. The van der Waals surface area contributed by atoms with Crippen LogP contribution in [0.4, 0.5) is 5.69 Å². The molecular weight excluding hydrogens is 268 g/mol. The Labute approximate surface area is 125 Å². The summed E-state index contributed by atoms with van der Waals surface area (Å²) < 4.78 is 0. The fourth-order valence-electron chi connectivity index (χ4n) is 1.81. The van der Waals surface area contributed by atoms with Gasteiger partial charge in [-0.2, -0.15) is 0 Å². The Balaban J connectivity index is 2.77. The van der Waals surface area contributed by atoms with Gasteiger partial charge in [-0.05, 0) is 38.5 Å². The van der Waals surface area contributed by atoms with E-state index in [9.17, 15) is 9.59 Å². The van der Waals surface area contributed by atoms with Crippen molar-refractivity contribution in [2.45, 2.75) is 32.9 Å². The lowest BCUT2D eigenvalue weighted by molar-refractivity contribution is -0.117. The molecule has 6 heteroatoms. The predicted molar refractivity (Wildman–Crippen MR) is 83.6 cm³/mol. The number of nitrogens with one attached hydrogen (secondary N) is 1. The highest BCUT2D eigenvalue weighted by Crippen LogP contribution is 2.15. The quantitative estimate of drug-likeness (QED) is 0.675. The Hall–Kier alpha value is -2.08. The monoisotopic (exact) mass is 292 g/mol. The summed E-state index contributed by atoms with van der Waals surface area (Å²) in [6.45, 7) is 6.97. The third-order valence-corrected chi connectivity index (χ3v) is 2.82. The zero-order valence-corrected chi connectivity index (χ0v) is 12.8. The maximum atomic E-state index is 11.1. The zero-order chi connectivity index (χ0) is 16.0. The SMILES string of the molecule is CC(C)(C)NCc1ccc(N(CC(N)=O)CC(N)=O)cc1. The van der Waals surface area contributed by atoms with Gasteiger partial charge in [0.15, 0.2) is 0 Å². The molecule has 0 heterocycles. The minimum Gasteiger partial charge on any atom is -0.368 e. The Morgan fingerprint density at radius 2 is 1.52 bits per heavy atom. The van der Waals surface area contributed by atoms with Gasteiger partial charge < -0.3 is 21.7 Å². The van der Waals surface area contributed by atoms with E-state index >= 15 is 0 Å². The first-order chi connectivity index (χ1) is 9.67. The molecule has 0 radical (unpaired) electrons. The van der Waals surface area contributed by atoms with Crippen LogP contribution in [0.15, 0.2) is 24.3 Å². The largest absolute Gasteiger partial charge is 0.368 e. The van der Waals surface area contributed by atoms with E-state index in [1.54, 1.807) is 4.90 Å². The van der Waals surface area contributed by atoms with Gasteiger partial charge >= 0.3 is 0 Å². The highest BCUT2D eigenvalue weighted by Gasteiger charge is 2.13. The number of carbonyl (C=O) groups is 2. The molecule has 0 aliphatic heterocycles. The Kier molecular flexibility index (Phi) is 5.72. The Morgan fingerprint density at radius 3 is 1.90 bits per heavy atom. The smallest absolute Gasteiger partial charge is 0.236 e. The second-order valence-electron chi connectivity index (χ2n) is 6.06. The summed E-state index contributed by atoms with van der Waals surface area (Å²) in [6, 6.07) is 7.60. The maximum Gasteiger partial charge on any atom is 0.236 e. The second-order valence-corrected chi connectivity index (χ2v) is 6.06. The van der Waals surface area contributed by atoms with Crippen LogP contribution in [0.1, 0.15) is 26.3 Å². The van der Waals surface area contributed by atoms with Gasteiger partial charge in [0.25, 0.3) is 0 Å². The van der Waals surface area contributed by atoms with Gasteiger partial charge in [-0.3, -0.25) is 9.59 Å². The molecule has 0 atom stereocenters. The molecule has 0 unspecified atom stereocenters. The Bertz CT molecular complexity index is 475. The number of primary amides is 2. The van der Waals surface area contributed by atoms with E-state index in [1.807, 2.05) is 24.3 Å². The first-order valence-electron chi connectivity index (χ1n) is 6.83. The lowest BCUT2D eigenvalue weighted by atomic mass is 10.1. The fourth-order valence-corrected chi connectivity index (χ4v) is 1.81. The number of hydrogen-bond donors (Lipinski definition) is 3. The number of carbonyl (C=O) groups excluding carboxylic acids is 2. The second kappa shape index (κ2) is 7.08. The summed E-state index contributed by atoms with van der Waals surface area (Å²) in [7, 11) is 0. The van der Waals surface area contributed by atoms with Crippen molar-refractivity contribution in [3.05, 3.63) is 29.8 Å². The van der Waals surface area contributed by atoms with Gasteiger partial charge in [-0.1, -0.05) is 12.1 Å². The van der Waals surface area contributed by atoms with E-state index < -0.39 is 11.8 Å². The molecular formula is C15H24N4O2. The van der Waals surface area contributed by atoms with Crippen molar-refractivity contribution in [1.82, 2.24) is 5.32 Å².